The van der Waals surface area contributed by atoms with Crippen LogP contribution in [0.5, 0.6) is 5.75 Å². The second-order valence-corrected chi connectivity index (χ2v) is 8.25. The molecule has 6 nitrogen and oxygen atoms in total. The van der Waals surface area contributed by atoms with E-state index in [1.165, 1.54) is 11.8 Å². The average molecular weight is 426 g/mol. The maximum absolute atomic E-state index is 12.9. The van der Waals surface area contributed by atoms with Gasteiger partial charge in [0.05, 0.1) is 12.3 Å². The minimum Gasteiger partial charge on any atom is -0.494 e. The van der Waals surface area contributed by atoms with E-state index in [9.17, 15) is 9.59 Å². The largest absolute Gasteiger partial charge is 0.494 e. The summed E-state index contributed by atoms with van der Waals surface area (Å²) in [5, 5.41) is 2.98. The SMILES string of the molecule is CCOc1ccc(N=C2SC(C(=O)Nc3ccc(C)cc3C)CC(=O)N2CC)cc1. The van der Waals surface area contributed by atoms with Gasteiger partial charge in [0.1, 0.15) is 11.0 Å². The molecule has 0 saturated carbocycles. The number of benzene rings is 2. The number of carbonyl (C=O) groups is 2. The quantitative estimate of drug-likeness (QED) is 0.729. The maximum Gasteiger partial charge on any atom is 0.238 e. The number of ether oxygens (including phenoxy) is 1. The van der Waals surface area contributed by atoms with Crippen molar-refractivity contribution in [3.63, 3.8) is 0 Å². The Morgan fingerprint density at radius 2 is 1.93 bits per heavy atom. The zero-order chi connectivity index (χ0) is 21.7. The zero-order valence-electron chi connectivity index (χ0n) is 17.8. The lowest BCUT2D eigenvalue weighted by atomic mass is 10.1. The summed E-state index contributed by atoms with van der Waals surface area (Å²) in [5.74, 6) is 0.490. The molecule has 1 unspecified atom stereocenters. The van der Waals surface area contributed by atoms with Crippen molar-refractivity contribution < 1.29 is 14.3 Å². The van der Waals surface area contributed by atoms with E-state index in [1.54, 1.807) is 4.90 Å². The highest BCUT2D eigenvalue weighted by atomic mass is 32.2. The first kappa shape index (κ1) is 21.9. The molecule has 7 heteroatoms. The number of rotatable bonds is 6. The number of amidine groups is 1. The molecule has 30 heavy (non-hydrogen) atoms. The van der Waals surface area contributed by atoms with Gasteiger partial charge in [-0.3, -0.25) is 14.5 Å². The number of nitrogens with zero attached hydrogens (tertiary/aromatic N) is 2. The summed E-state index contributed by atoms with van der Waals surface area (Å²) in [7, 11) is 0. The van der Waals surface area contributed by atoms with Crippen LogP contribution in [0.3, 0.4) is 0 Å². The summed E-state index contributed by atoms with van der Waals surface area (Å²) >= 11 is 1.33. The van der Waals surface area contributed by atoms with Gasteiger partial charge in [0, 0.05) is 18.7 Å². The van der Waals surface area contributed by atoms with Gasteiger partial charge in [-0.1, -0.05) is 29.5 Å². The Balaban J connectivity index is 1.79. The molecule has 1 fully saturated rings. The van der Waals surface area contributed by atoms with Gasteiger partial charge >= 0.3 is 0 Å². The molecule has 1 atom stereocenters. The van der Waals surface area contributed by atoms with E-state index in [0.29, 0.717) is 24.0 Å². The Labute approximate surface area is 181 Å². The third kappa shape index (κ3) is 5.21. The van der Waals surface area contributed by atoms with Gasteiger partial charge in [-0.05, 0) is 63.6 Å². The molecule has 1 N–H and O–H groups in total. The van der Waals surface area contributed by atoms with E-state index in [4.69, 9.17) is 4.74 Å². The normalized spacial score (nSPS) is 17.9. The van der Waals surface area contributed by atoms with Crippen molar-refractivity contribution in [3.8, 4) is 5.75 Å². The second kappa shape index (κ2) is 9.80. The molecule has 0 spiro atoms. The van der Waals surface area contributed by atoms with Crippen molar-refractivity contribution in [2.75, 3.05) is 18.5 Å². The highest BCUT2D eigenvalue weighted by Gasteiger charge is 2.35. The van der Waals surface area contributed by atoms with Crippen LogP contribution in [0.1, 0.15) is 31.4 Å². The molecule has 1 aliphatic heterocycles. The van der Waals surface area contributed by atoms with Crippen molar-refractivity contribution in [2.45, 2.75) is 39.4 Å². The monoisotopic (exact) mass is 425 g/mol. The van der Waals surface area contributed by atoms with Crippen molar-refractivity contribution in [1.82, 2.24) is 4.90 Å². The van der Waals surface area contributed by atoms with E-state index < -0.39 is 5.25 Å². The third-order valence-corrected chi connectivity index (χ3v) is 5.95. The molecule has 1 aliphatic rings. The number of nitrogens with one attached hydrogen (secondary N) is 1. The van der Waals surface area contributed by atoms with Crippen LogP contribution >= 0.6 is 11.8 Å². The van der Waals surface area contributed by atoms with Gasteiger partial charge in [0.2, 0.25) is 11.8 Å². The summed E-state index contributed by atoms with van der Waals surface area (Å²) in [5.41, 5.74) is 3.61. The summed E-state index contributed by atoms with van der Waals surface area (Å²) in [4.78, 5) is 31.8. The van der Waals surface area contributed by atoms with Crippen molar-refractivity contribution in [1.29, 1.82) is 0 Å². The maximum atomic E-state index is 12.9. The highest BCUT2D eigenvalue weighted by Crippen LogP contribution is 2.30. The Morgan fingerprint density at radius 3 is 2.57 bits per heavy atom. The van der Waals surface area contributed by atoms with E-state index in [1.807, 2.05) is 70.2 Å². The lowest BCUT2D eigenvalue weighted by Gasteiger charge is -2.31. The molecule has 0 radical (unpaired) electrons. The number of anilines is 1. The van der Waals surface area contributed by atoms with Crippen LogP contribution in [0.25, 0.3) is 0 Å². The van der Waals surface area contributed by atoms with Gasteiger partial charge in [0.15, 0.2) is 5.17 Å². The molecule has 0 bridgehead atoms. The Kier molecular flexibility index (Phi) is 7.15. The van der Waals surface area contributed by atoms with E-state index in [-0.39, 0.29) is 18.2 Å². The standard InChI is InChI=1S/C23H27N3O3S/c1-5-26-21(27)14-20(22(28)25-19-12-7-15(3)13-16(19)4)30-23(26)24-17-8-10-18(11-9-17)29-6-2/h7-13,20H,5-6,14H2,1-4H3,(H,25,28). The van der Waals surface area contributed by atoms with Crippen LogP contribution in [-0.2, 0) is 9.59 Å². The molecular formula is C23H27N3O3S. The van der Waals surface area contributed by atoms with Crippen molar-refractivity contribution >= 4 is 40.1 Å². The molecular weight excluding hydrogens is 398 g/mol. The number of aryl methyl sites for hydroxylation is 2. The van der Waals surface area contributed by atoms with Crippen molar-refractivity contribution in [2.24, 2.45) is 4.99 Å². The molecule has 0 aromatic heterocycles. The van der Waals surface area contributed by atoms with Gasteiger partial charge in [0.25, 0.3) is 0 Å². The fourth-order valence-electron chi connectivity index (χ4n) is 3.21. The topological polar surface area (TPSA) is 71.0 Å². The van der Waals surface area contributed by atoms with Crippen LogP contribution in [0.2, 0.25) is 0 Å². The van der Waals surface area contributed by atoms with E-state index in [0.717, 1.165) is 22.6 Å². The zero-order valence-corrected chi connectivity index (χ0v) is 18.6. The Hall–Kier alpha value is -2.80. The van der Waals surface area contributed by atoms with Crippen LogP contribution in [-0.4, -0.2) is 40.3 Å². The molecule has 2 aromatic carbocycles. The first-order chi connectivity index (χ1) is 14.4. The van der Waals surface area contributed by atoms with Crippen molar-refractivity contribution in [3.05, 3.63) is 53.6 Å². The molecule has 3 rings (SSSR count). The molecule has 1 heterocycles. The smallest absolute Gasteiger partial charge is 0.238 e. The van der Waals surface area contributed by atoms with Crippen LogP contribution in [0.4, 0.5) is 11.4 Å². The van der Waals surface area contributed by atoms with Gasteiger partial charge < -0.3 is 10.1 Å². The minimum absolute atomic E-state index is 0.0956. The Morgan fingerprint density at radius 1 is 1.20 bits per heavy atom. The lowest BCUT2D eigenvalue weighted by molar-refractivity contribution is -0.129. The third-order valence-electron chi connectivity index (χ3n) is 4.76. The fraction of sp³-hybridized carbons (Fsp3) is 0.348. The van der Waals surface area contributed by atoms with E-state index in [2.05, 4.69) is 10.3 Å². The van der Waals surface area contributed by atoms with Gasteiger partial charge in [-0.2, -0.15) is 0 Å². The first-order valence-electron chi connectivity index (χ1n) is 10.1. The second-order valence-electron chi connectivity index (χ2n) is 7.08. The van der Waals surface area contributed by atoms with Gasteiger partial charge in [-0.15, -0.1) is 0 Å². The number of amides is 2. The minimum atomic E-state index is -0.526. The molecule has 2 amide bonds. The Bertz CT molecular complexity index is 957. The first-order valence-corrected chi connectivity index (χ1v) is 11.0. The number of aliphatic imine (C=N–C) groups is 1. The van der Waals surface area contributed by atoms with Gasteiger partial charge in [-0.25, -0.2) is 4.99 Å². The summed E-state index contributed by atoms with van der Waals surface area (Å²) < 4.78 is 5.46. The summed E-state index contributed by atoms with van der Waals surface area (Å²) in [6.45, 7) is 8.91. The predicted molar refractivity (Wildman–Crippen MR) is 123 cm³/mol. The molecule has 1 saturated heterocycles. The summed E-state index contributed by atoms with van der Waals surface area (Å²) in [6, 6.07) is 13.3. The number of carbonyl (C=O) groups excluding carboxylic acids is 2. The molecule has 0 aliphatic carbocycles. The number of hydrogen-bond acceptors (Lipinski definition) is 5. The van der Waals surface area contributed by atoms with Crippen LogP contribution in [0.15, 0.2) is 47.5 Å². The lowest BCUT2D eigenvalue weighted by Crippen LogP contribution is -2.45. The highest BCUT2D eigenvalue weighted by molar-refractivity contribution is 8.15. The predicted octanol–water partition coefficient (Wildman–Crippen LogP) is 4.68. The molecule has 158 valence electrons. The van der Waals surface area contributed by atoms with Crippen LogP contribution in [0, 0.1) is 13.8 Å². The van der Waals surface area contributed by atoms with E-state index >= 15 is 0 Å². The number of hydrogen-bond donors (Lipinski definition) is 1. The average Bonchev–Trinajstić information content (AvgIpc) is 2.71. The fourth-order valence-corrected chi connectivity index (χ4v) is 4.38. The summed E-state index contributed by atoms with van der Waals surface area (Å²) in [6.07, 6.45) is 0.150. The van der Waals surface area contributed by atoms with Crippen LogP contribution < -0.4 is 10.1 Å². The molecule has 2 aromatic rings. The number of thioether (sulfide) groups is 1.